The first kappa shape index (κ1) is 11.6. The van der Waals surface area contributed by atoms with Gasteiger partial charge in [0.15, 0.2) is 0 Å². The third-order valence-electron chi connectivity index (χ3n) is 3.73. The third kappa shape index (κ3) is 2.83. The average molecular weight is 219 g/mol. The fourth-order valence-corrected chi connectivity index (χ4v) is 2.74. The monoisotopic (exact) mass is 219 g/mol. The van der Waals surface area contributed by atoms with Gasteiger partial charge in [-0.25, -0.2) is 0 Å². The second-order valence-corrected chi connectivity index (χ2v) is 4.89. The highest BCUT2D eigenvalue weighted by Gasteiger charge is 2.31. The zero-order valence-electron chi connectivity index (χ0n) is 9.78. The molecular weight excluding hydrogens is 198 g/mol. The van der Waals surface area contributed by atoms with Gasteiger partial charge in [-0.15, -0.1) is 0 Å². The highest BCUT2D eigenvalue weighted by atomic mass is 16.3. The van der Waals surface area contributed by atoms with Crippen molar-refractivity contribution >= 4 is 0 Å². The van der Waals surface area contributed by atoms with Gasteiger partial charge in [0.2, 0.25) is 0 Å². The van der Waals surface area contributed by atoms with E-state index in [4.69, 9.17) is 0 Å². The van der Waals surface area contributed by atoms with E-state index in [1.165, 1.54) is 18.4 Å². The molecule has 0 saturated carbocycles. The van der Waals surface area contributed by atoms with Crippen molar-refractivity contribution in [3.8, 4) is 0 Å². The molecule has 2 heteroatoms. The van der Waals surface area contributed by atoms with Gasteiger partial charge in [0.25, 0.3) is 0 Å². The van der Waals surface area contributed by atoms with Gasteiger partial charge in [0.05, 0.1) is 0 Å². The molecule has 1 aliphatic heterocycles. The van der Waals surface area contributed by atoms with Gasteiger partial charge in [-0.1, -0.05) is 30.3 Å². The van der Waals surface area contributed by atoms with E-state index < -0.39 is 0 Å². The van der Waals surface area contributed by atoms with E-state index in [9.17, 15) is 5.11 Å². The fourth-order valence-electron chi connectivity index (χ4n) is 2.74. The largest absolute Gasteiger partial charge is 0.396 e. The van der Waals surface area contributed by atoms with Crippen molar-refractivity contribution in [3.05, 3.63) is 35.9 Å². The molecule has 2 N–H and O–H groups in total. The van der Waals surface area contributed by atoms with E-state index in [1.807, 2.05) is 0 Å². The summed E-state index contributed by atoms with van der Waals surface area (Å²) in [6.45, 7) is 2.49. The minimum Gasteiger partial charge on any atom is -0.396 e. The Morgan fingerprint density at radius 3 is 2.44 bits per heavy atom. The summed E-state index contributed by atoms with van der Waals surface area (Å²) in [6.07, 6.45) is 4.41. The number of aliphatic hydroxyl groups excluding tert-OH is 1. The van der Waals surface area contributed by atoms with Crippen LogP contribution in [0.25, 0.3) is 0 Å². The molecule has 0 aromatic heterocycles. The van der Waals surface area contributed by atoms with Crippen LogP contribution in [0.5, 0.6) is 0 Å². The van der Waals surface area contributed by atoms with Crippen molar-refractivity contribution in [2.24, 2.45) is 5.41 Å². The van der Waals surface area contributed by atoms with E-state index in [1.54, 1.807) is 0 Å². The molecule has 0 amide bonds. The molecule has 0 bridgehead atoms. The third-order valence-corrected chi connectivity index (χ3v) is 3.73. The Kier molecular flexibility index (Phi) is 3.97. The molecule has 16 heavy (non-hydrogen) atoms. The van der Waals surface area contributed by atoms with Crippen LogP contribution in [0, 0.1) is 5.41 Å². The van der Waals surface area contributed by atoms with Gasteiger partial charge in [0.1, 0.15) is 0 Å². The molecule has 0 atom stereocenters. The molecule has 1 fully saturated rings. The normalized spacial score (nSPS) is 19.6. The van der Waals surface area contributed by atoms with Crippen molar-refractivity contribution in [3.63, 3.8) is 0 Å². The molecule has 1 aliphatic rings. The van der Waals surface area contributed by atoms with Gasteiger partial charge >= 0.3 is 0 Å². The number of nitrogens with one attached hydrogen (secondary N) is 1. The van der Waals surface area contributed by atoms with Crippen LogP contribution < -0.4 is 5.32 Å². The van der Waals surface area contributed by atoms with E-state index >= 15 is 0 Å². The number of benzene rings is 1. The van der Waals surface area contributed by atoms with E-state index in [0.29, 0.717) is 12.0 Å². The van der Waals surface area contributed by atoms with Crippen LogP contribution in [0.3, 0.4) is 0 Å². The zero-order chi connectivity index (χ0) is 11.3. The lowest BCUT2D eigenvalue weighted by Gasteiger charge is -2.37. The Morgan fingerprint density at radius 2 is 1.81 bits per heavy atom. The van der Waals surface area contributed by atoms with Gasteiger partial charge < -0.3 is 10.4 Å². The molecule has 0 spiro atoms. The summed E-state index contributed by atoms with van der Waals surface area (Å²) >= 11 is 0. The minimum atomic E-state index is 0.312. The number of aliphatic hydroxyl groups is 1. The van der Waals surface area contributed by atoms with Gasteiger partial charge in [-0.2, -0.15) is 0 Å². The summed E-state index contributed by atoms with van der Waals surface area (Å²) in [7, 11) is 0. The van der Waals surface area contributed by atoms with Gasteiger partial charge in [0, 0.05) is 6.61 Å². The van der Waals surface area contributed by atoms with Crippen LogP contribution in [0.15, 0.2) is 30.3 Å². The summed E-state index contributed by atoms with van der Waals surface area (Å²) in [5.74, 6) is 0. The molecule has 1 aromatic rings. The van der Waals surface area contributed by atoms with Crippen LogP contribution in [0.2, 0.25) is 0 Å². The molecule has 1 heterocycles. The standard InChI is InChI=1S/C14H21NO/c16-11-8-14(6-9-15-10-7-14)12-13-4-2-1-3-5-13/h1-5,15-16H,6-12H2. The summed E-state index contributed by atoms with van der Waals surface area (Å²) < 4.78 is 0. The van der Waals surface area contributed by atoms with Crippen LogP contribution >= 0.6 is 0 Å². The van der Waals surface area contributed by atoms with Crippen LogP contribution in [-0.2, 0) is 6.42 Å². The summed E-state index contributed by atoms with van der Waals surface area (Å²) in [6, 6.07) is 10.7. The molecule has 2 nitrogen and oxygen atoms in total. The van der Waals surface area contributed by atoms with Crippen LogP contribution in [0.4, 0.5) is 0 Å². The maximum Gasteiger partial charge on any atom is 0.0436 e. The summed E-state index contributed by atoms with van der Waals surface area (Å²) in [5.41, 5.74) is 1.72. The average Bonchev–Trinajstić information content (AvgIpc) is 2.31. The lowest BCUT2D eigenvalue weighted by Crippen LogP contribution is -2.38. The second-order valence-electron chi connectivity index (χ2n) is 4.89. The first-order valence-electron chi connectivity index (χ1n) is 6.20. The molecule has 0 unspecified atom stereocenters. The number of piperidine rings is 1. The highest BCUT2D eigenvalue weighted by molar-refractivity contribution is 5.17. The molecular formula is C14H21NO. The predicted molar refractivity (Wildman–Crippen MR) is 66.4 cm³/mol. The van der Waals surface area contributed by atoms with Gasteiger partial charge in [-0.05, 0) is 49.8 Å². The smallest absolute Gasteiger partial charge is 0.0436 e. The Bertz CT molecular complexity index is 298. The maximum atomic E-state index is 9.24. The SMILES string of the molecule is OCCC1(Cc2ccccc2)CCNCC1. The molecule has 88 valence electrons. The zero-order valence-corrected chi connectivity index (χ0v) is 9.78. The number of rotatable bonds is 4. The van der Waals surface area contributed by atoms with Crippen molar-refractivity contribution in [1.29, 1.82) is 0 Å². The minimum absolute atomic E-state index is 0.312. The molecule has 0 radical (unpaired) electrons. The van der Waals surface area contributed by atoms with E-state index in [-0.39, 0.29) is 0 Å². The van der Waals surface area contributed by atoms with Crippen LogP contribution in [0.1, 0.15) is 24.8 Å². The topological polar surface area (TPSA) is 32.3 Å². The van der Waals surface area contributed by atoms with Gasteiger partial charge in [-0.3, -0.25) is 0 Å². The first-order chi connectivity index (χ1) is 7.85. The fraction of sp³-hybridized carbons (Fsp3) is 0.571. The van der Waals surface area contributed by atoms with Crippen molar-refractivity contribution in [2.75, 3.05) is 19.7 Å². The Labute approximate surface area is 97.7 Å². The van der Waals surface area contributed by atoms with Crippen molar-refractivity contribution in [2.45, 2.75) is 25.7 Å². The lowest BCUT2D eigenvalue weighted by molar-refractivity contribution is 0.137. The lowest BCUT2D eigenvalue weighted by atomic mass is 9.72. The maximum absolute atomic E-state index is 9.24. The van der Waals surface area contributed by atoms with Crippen molar-refractivity contribution < 1.29 is 5.11 Å². The molecule has 0 aliphatic carbocycles. The molecule has 1 aromatic carbocycles. The molecule has 1 saturated heterocycles. The quantitative estimate of drug-likeness (QED) is 0.811. The Morgan fingerprint density at radius 1 is 1.12 bits per heavy atom. The van der Waals surface area contributed by atoms with Crippen LogP contribution in [-0.4, -0.2) is 24.8 Å². The summed E-state index contributed by atoms with van der Waals surface area (Å²) in [4.78, 5) is 0. The highest BCUT2D eigenvalue weighted by Crippen LogP contribution is 2.36. The first-order valence-corrected chi connectivity index (χ1v) is 6.20. The Hall–Kier alpha value is -0.860. The number of hydrogen-bond donors (Lipinski definition) is 2. The predicted octanol–water partition coefficient (Wildman–Crippen LogP) is 1.98. The molecule has 2 rings (SSSR count). The van der Waals surface area contributed by atoms with E-state index in [2.05, 4.69) is 35.6 Å². The Balaban J connectivity index is 2.07. The summed E-state index contributed by atoms with van der Waals surface area (Å²) in [5, 5.41) is 12.6. The van der Waals surface area contributed by atoms with Crippen molar-refractivity contribution in [1.82, 2.24) is 5.32 Å². The van der Waals surface area contributed by atoms with E-state index in [0.717, 1.165) is 25.9 Å². The number of hydrogen-bond acceptors (Lipinski definition) is 2. The second kappa shape index (κ2) is 5.46.